The first-order chi connectivity index (χ1) is 5.81. The van der Waals surface area contributed by atoms with E-state index in [1.807, 2.05) is 6.26 Å². The van der Waals surface area contributed by atoms with Gasteiger partial charge in [-0.15, -0.1) is 0 Å². The molecule has 0 atom stereocenters. The standard InChI is InChI=1S/C8H16INOS/c1-12-7-4-8(11)10-6-3-2-5-9/h2-7H2,1H3,(H,10,11). The van der Waals surface area contributed by atoms with E-state index in [1.54, 1.807) is 11.8 Å². The van der Waals surface area contributed by atoms with Crippen molar-refractivity contribution >= 4 is 40.3 Å². The zero-order chi connectivity index (χ0) is 9.23. The van der Waals surface area contributed by atoms with Gasteiger partial charge in [0.15, 0.2) is 0 Å². The largest absolute Gasteiger partial charge is 0.356 e. The molecule has 0 aromatic carbocycles. The van der Waals surface area contributed by atoms with Crippen LogP contribution in [0.4, 0.5) is 0 Å². The van der Waals surface area contributed by atoms with Crippen LogP contribution < -0.4 is 5.32 Å². The molecule has 1 amide bonds. The molecule has 4 heteroatoms. The molecular weight excluding hydrogens is 285 g/mol. The number of halogens is 1. The van der Waals surface area contributed by atoms with Crippen LogP contribution in [0.5, 0.6) is 0 Å². The fourth-order valence-corrected chi connectivity index (χ4v) is 1.66. The molecule has 0 aliphatic rings. The van der Waals surface area contributed by atoms with E-state index in [0.29, 0.717) is 6.42 Å². The van der Waals surface area contributed by atoms with Crippen molar-refractivity contribution in [2.45, 2.75) is 19.3 Å². The van der Waals surface area contributed by atoms with Gasteiger partial charge in [-0.2, -0.15) is 11.8 Å². The first-order valence-corrected chi connectivity index (χ1v) is 7.04. The molecule has 0 aromatic rings. The van der Waals surface area contributed by atoms with Crippen molar-refractivity contribution in [3.63, 3.8) is 0 Å². The van der Waals surface area contributed by atoms with Crippen molar-refractivity contribution < 1.29 is 4.79 Å². The van der Waals surface area contributed by atoms with Crippen molar-refractivity contribution in [1.29, 1.82) is 0 Å². The van der Waals surface area contributed by atoms with Crippen LogP contribution in [0, 0.1) is 0 Å². The van der Waals surface area contributed by atoms with Gasteiger partial charge in [-0.1, -0.05) is 22.6 Å². The molecule has 0 heterocycles. The summed E-state index contributed by atoms with van der Waals surface area (Å²) in [5.41, 5.74) is 0. The van der Waals surface area contributed by atoms with E-state index in [1.165, 1.54) is 10.8 Å². The molecule has 0 saturated heterocycles. The van der Waals surface area contributed by atoms with E-state index in [9.17, 15) is 4.79 Å². The molecule has 0 rings (SSSR count). The number of hydrogen-bond donors (Lipinski definition) is 1. The molecule has 0 spiro atoms. The monoisotopic (exact) mass is 301 g/mol. The maximum absolute atomic E-state index is 11.0. The summed E-state index contributed by atoms with van der Waals surface area (Å²) in [4.78, 5) is 11.0. The zero-order valence-corrected chi connectivity index (χ0v) is 10.4. The van der Waals surface area contributed by atoms with Gasteiger partial charge in [0.05, 0.1) is 0 Å². The van der Waals surface area contributed by atoms with Gasteiger partial charge in [0.25, 0.3) is 0 Å². The SMILES string of the molecule is CSCCC(=O)NCCCCI. The molecule has 1 N–H and O–H groups in total. The minimum Gasteiger partial charge on any atom is -0.356 e. The Morgan fingerprint density at radius 2 is 2.25 bits per heavy atom. The average molecular weight is 301 g/mol. The van der Waals surface area contributed by atoms with Gasteiger partial charge in [0.1, 0.15) is 0 Å². The van der Waals surface area contributed by atoms with Crippen LogP contribution >= 0.6 is 34.4 Å². The lowest BCUT2D eigenvalue weighted by Gasteiger charge is -2.02. The Balaban J connectivity index is 3.08. The van der Waals surface area contributed by atoms with Gasteiger partial charge in [-0.3, -0.25) is 4.79 Å². The molecule has 72 valence electrons. The Morgan fingerprint density at radius 1 is 1.50 bits per heavy atom. The average Bonchev–Trinajstić information content (AvgIpc) is 2.09. The molecular formula is C8H16INOS. The Morgan fingerprint density at radius 3 is 2.83 bits per heavy atom. The van der Waals surface area contributed by atoms with E-state index in [0.717, 1.165) is 18.7 Å². The quantitative estimate of drug-likeness (QED) is 0.443. The predicted octanol–water partition coefficient (Wildman–Crippen LogP) is 2.07. The van der Waals surface area contributed by atoms with Crippen molar-refractivity contribution in [2.24, 2.45) is 0 Å². The lowest BCUT2D eigenvalue weighted by atomic mass is 10.3. The van der Waals surface area contributed by atoms with Crippen LogP contribution in [-0.2, 0) is 4.79 Å². The molecule has 0 fully saturated rings. The number of carbonyl (C=O) groups excluding carboxylic acids is 1. The van der Waals surface area contributed by atoms with Crippen LogP contribution in [0.2, 0.25) is 0 Å². The predicted molar refractivity (Wildman–Crippen MR) is 64.1 cm³/mol. The summed E-state index contributed by atoms with van der Waals surface area (Å²) in [6.07, 6.45) is 4.98. The van der Waals surface area contributed by atoms with Crippen LogP contribution in [0.15, 0.2) is 0 Å². The molecule has 0 radical (unpaired) electrons. The maximum Gasteiger partial charge on any atom is 0.220 e. The molecule has 0 aliphatic carbocycles. The Hall–Kier alpha value is 0.550. The summed E-state index contributed by atoms with van der Waals surface area (Å²) >= 11 is 4.06. The second-order valence-electron chi connectivity index (χ2n) is 2.49. The van der Waals surface area contributed by atoms with Crippen LogP contribution in [0.1, 0.15) is 19.3 Å². The molecule has 0 bridgehead atoms. The number of nitrogens with one attached hydrogen (secondary N) is 1. The van der Waals surface area contributed by atoms with E-state index in [-0.39, 0.29) is 5.91 Å². The Labute approximate surface area is 92.4 Å². The lowest BCUT2D eigenvalue weighted by Crippen LogP contribution is -2.24. The maximum atomic E-state index is 11.0. The van der Waals surface area contributed by atoms with E-state index in [2.05, 4.69) is 27.9 Å². The molecule has 2 nitrogen and oxygen atoms in total. The lowest BCUT2D eigenvalue weighted by molar-refractivity contribution is -0.120. The van der Waals surface area contributed by atoms with Gasteiger partial charge in [-0.05, 0) is 23.5 Å². The van der Waals surface area contributed by atoms with Gasteiger partial charge >= 0.3 is 0 Å². The molecule has 0 unspecified atom stereocenters. The van der Waals surface area contributed by atoms with Crippen molar-refractivity contribution in [1.82, 2.24) is 5.32 Å². The van der Waals surface area contributed by atoms with E-state index >= 15 is 0 Å². The van der Waals surface area contributed by atoms with Crippen molar-refractivity contribution in [3.8, 4) is 0 Å². The third kappa shape index (κ3) is 8.64. The molecule has 0 saturated carbocycles. The fourth-order valence-electron chi connectivity index (χ4n) is 0.730. The van der Waals surface area contributed by atoms with E-state index < -0.39 is 0 Å². The van der Waals surface area contributed by atoms with Gasteiger partial charge in [0, 0.05) is 18.7 Å². The van der Waals surface area contributed by atoms with Gasteiger partial charge < -0.3 is 5.32 Å². The smallest absolute Gasteiger partial charge is 0.220 e. The van der Waals surface area contributed by atoms with Gasteiger partial charge in [0.2, 0.25) is 5.91 Å². The number of hydrogen-bond acceptors (Lipinski definition) is 2. The van der Waals surface area contributed by atoms with Gasteiger partial charge in [-0.25, -0.2) is 0 Å². The van der Waals surface area contributed by atoms with Crippen molar-refractivity contribution in [2.75, 3.05) is 23.0 Å². The van der Waals surface area contributed by atoms with E-state index in [4.69, 9.17) is 0 Å². The summed E-state index contributed by atoms with van der Waals surface area (Å²) in [6.45, 7) is 0.843. The topological polar surface area (TPSA) is 29.1 Å². The van der Waals surface area contributed by atoms with Crippen molar-refractivity contribution in [3.05, 3.63) is 0 Å². The number of unbranched alkanes of at least 4 members (excludes halogenated alkanes) is 1. The summed E-state index contributed by atoms with van der Waals surface area (Å²) in [7, 11) is 0. The first kappa shape index (κ1) is 12.6. The third-order valence-electron chi connectivity index (χ3n) is 1.42. The number of amides is 1. The summed E-state index contributed by atoms with van der Waals surface area (Å²) in [5.74, 6) is 1.12. The minimum absolute atomic E-state index is 0.192. The highest BCUT2D eigenvalue weighted by atomic mass is 127. The number of carbonyl (C=O) groups is 1. The third-order valence-corrected chi connectivity index (χ3v) is 2.79. The van der Waals surface area contributed by atoms with Crippen LogP contribution in [-0.4, -0.2) is 28.9 Å². The molecule has 0 aromatic heterocycles. The Bertz CT molecular complexity index is 122. The normalized spacial score (nSPS) is 9.83. The number of rotatable bonds is 7. The summed E-state index contributed by atoms with van der Waals surface area (Å²) in [5, 5.41) is 2.90. The summed E-state index contributed by atoms with van der Waals surface area (Å²) in [6, 6.07) is 0. The number of thioether (sulfide) groups is 1. The highest BCUT2D eigenvalue weighted by molar-refractivity contribution is 14.1. The summed E-state index contributed by atoms with van der Waals surface area (Å²) < 4.78 is 1.18. The fraction of sp³-hybridized carbons (Fsp3) is 0.875. The van der Waals surface area contributed by atoms with Crippen LogP contribution in [0.25, 0.3) is 0 Å². The first-order valence-electron chi connectivity index (χ1n) is 4.13. The van der Waals surface area contributed by atoms with Crippen LogP contribution in [0.3, 0.4) is 0 Å². The number of alkyl halides is 1. The molecule has 12 heavy (non-hydrogen) atoms. The zero-order valence-electron chi connectivity index (χ0n) is 7.44. The minimum atomic E-state index is 0.192. The second kappa shape index (κ2) is 9.64. The molecule has 0 aliphatic heterocycles. The Kier molecular flexibility index (Phi) is 10.1. The second-order valence-corrected chi connectivity index (χ2v) is 4.55. The highest BCUT2D eigenvalue weighted by Crippen LogP contribution is 1.96. The highest BCUT2D eigenvalue weighted by Gasteiger charge is 1.97.